The summed E-state index contributed by atoms with van der Waals surface area (Å²) in [5, 5.41) is 0. The first-order valence-electron chi connectivity index (χ1n) is 7.06. The fourth-order valence-corrected chi connectivity index (χ4v) is 2.37. The van der Waals surface area contributed by atoms with E-state index in [1.165, 1.54) is 0 Å². The molecule has 1 amide bonds. The molecule has 1 aliphatic rings. The van der Waals surface area contributed by atoms with Crippen molar-refractivity contribution in [2.45, 2.75) is 26.7 Å². The molecule has 1 aliphatic heterocycles. The maximum Gasteiger partial charge on any atom is 0.355 e. The predicted octanol–water partition coefficient (Wildman–Crippen LogP) is 1.75. The lowest BCUT2D eigenvalue weighted by molar-refractivity contribution is -0.135. The maximum atomic E-state index is 12.0. The number of hydrogen-bond donors (Lipinski definition) is 0. The van der Waals surface area contributed by atoms with E-state index < -0.39 is 5.97 Å². The van der Waals surface area contributed by atoms with Crippen molar-refractivity contribution in [3.05, 3.63) is 23.5 Å². The standard InChI is InChI=1S/C15H22N2O3/c1-11-6-8-17(9-7-11)14(18)10-20-15(19)13-5-4-12(2)16(13)3/h4-5,11H,6-10H2,1-3H3. The molecule has 1 aromatic rings. The summed E-state index contributed by atoms with van der Waals surface area (Å²) in [5.41, 5.74) is 1.45. The van der Waals surface area contributed by atoms with Crippen molar-refractivity contribution in [3.8, 4) is 0 Å². The van der Waals surface area contributed by atoms with Gasteiger partial charge in [0.2, 0.25) is 0 Å². The number of hydrogen-bond acceptors (Lipinski definition) is 3. The molecule has 1 saturated heterocycles. The number of carbonyl (C=O) groups is 2. The van der Waals surface area contributed by atoms with Crippen LogP contribution in [0, 0.1) is 12.8 Å². The number of nitrogens with zero attached hydrogens (tertiary/aromatic N) is 2. The van der Waals surface area contributed by atoms with E-state index in [4.69, 9.17) is 4.74 Å². The molecule has 0 N–H and O–H groups in total. The summed E-state index contributed by atoms with van der Waals surface area (Å²) in [6, 6.07) is 3.56. The molecule has 1 fully saturated rings. The lowest BCUT2D eigenvalue weighted by atomic mass is 9.99. The molecule has 20 heavy (non-hydrogen) atoms. The van der Waals surface area contributed by atoms with Crippen LogP contribution in [0.1, 0.15) is 35.9 Å². The van der Waals surface area contributed by atoms with Gasteiger partial charge in [0.05, 0.1) is 0 Å². The van der Waals surface area contributed by atoms with Gasteiger partial charge in [0, 0.05) is 25.8 Å². The third kappa shape index (κ3) is 3.21. The van der Waals surface area contributed by atoms with Crippen LogP contribution in [-0.2, 0) is 16.6 Å². The molecule has 0 saturated carbocycles. The minimum atomic E-state index is -0.445. The topological polar surface area (TPSA) is 51.5 Å². The number of likely N-dealkylation sites (tertiary alicyclic amines) is 1. The normalized spacial score (nSPS) is 16.2. The third-order valence-corrected chi connectivity index (χ3v) is 4.05. The summed E-state index contributed by atoms with van der Waals surface area (Å²) in [6.45, 7) is 5.47. The van der Waals surface area contributed by atoms with Crippen molar-refractivity contribution >= 4 is 11.9 Å². The Labute approximate surface area is 119 Å². The highest BCUT2D eigenvalue weighted by Gasteiger charge is 2.22. The van der Waals surface area contributed by atoms with Crippen LogP contribution in [0.5, 0.6) is 0 Å². The quantitative estimate of drug-likeness (QED) is 0.791. The summed E-state index contributed by atoms with van der Waals surface area (Å²) in [7, 11) is 1.81. The Kier molecular flexibility index (Phi) is 4.47. The van der Waals surface area contributed by atoms with Crippen LogP contribution < -0.4 is 0 Å². The van der Waals surface area contributed by atoms with E-state index in [9.17, 15) is 9.59 Å². The molecule has 1 aromatic heterocycles. The van der Waals surface area contributed by atoms with Gasteiger partial charge in [-0.15, -0.1) is 0 Å². The first-order valence-corrected chi connectivity index (χ1v) is 7.06. The Hall–Kier alpha value is -1.78. The molecule has 5 heteroatoms. The Morgan fingerprint density at radius 1 is 1.30 bits per heavy atom. The maximum absolute atomic E-state index is 12.0. The second kappa shape index (κ2) is 6.11. The molecule has 5 nitrogen and oxygen atoms in total. The summed E-state index contributed by atoms with van der Waals surface area (Å²) in [4.78, 5) is 25.7. The van der Waals surface area contributed by atoms with Crippen molar-refractivity contribution in [2.24, 2.45) is 13.0 Å². The molecule has 0 aromatic carbocycles. The number of aryl methyl sites for hydroxylation is 1. The fourth-order valence-electron chi connectivity index (χ4n) is 2.37. The van der Waals surface area contributed by atoms with Gasteiger partial charge >= 0.3 is 5.97 Å². The summed E-state index contributed by atoms with van der Waals surface area (Å²) >= 11 is 0. The van der Waals surface area contributed by atoms with E-state index in [1.807, 2.05) is 13.0 Å². The summed E-state index contributed by atoms with van der Waals surface area (Å²) in [5.74, 6) is 0.128. The Bertz CT molecular complexity index is 499. The molecule has 0 atom stereocenters. The second-order valence-corrected chi connectivity index (χ2v) is 5.56. The van der Waals surface area contributed by atoms with E-state index in [0.29, 0.717) is 11.6 Å². The van der Waals surface area contributed by atoms with Gasteiger partial charge in [0.15, 0.2) is 6.61 Å². The van der Waals surface area contributed by atoms with Crippen LogP contribution in [0.3, 0.4) is 0 Å². The highest BCUT2D eigenvalue weighted by Crippen LogP contribution is 2.16. The number of aromatic nitrogens is 1. The van der Waals surface area contributed by atoms with Gasteiger partial charge in [0.1, 0.15) is 5.69 Å². The Morgan fingerprint density at radius 2 is 1.95 bits per heavy atom. The van der Waals surface area contributed by atoms with Crippen LogP contribution >= 0.6 is 0 Å². The summed E-state index contributed by atoms with van der Waals surface area (Å²) in [6.07, 6.45) is 2.05. The zero-order chi connectivity index (χ0) is 14.7. The van der Waals surface area contributed by atoms with Crippen LogP contribution in [0.25, 0.3) is 0 Å². The van der Waals surface area contributed by atoms with Crippen LogP contribution in [0.15, 0.2) is 12.1 Å². The fraction of sp³-hybridized carbons (Fsp3) is 0.600. The SMILES string of the molecule is Cc1ccc(C(=O)OCC(=O)N2CCC(C)CC2)n1C. The van der Waals surface area contributed by atoms with Gasteiger partial charge in [-0.05, 0) is 37.8 Å². The number of amides is 1. The number of esters is 1. The highest BCUT2D eigenvalue weighted by molar-refractivity contribution is 5.90. The van der Waals surface area contributed by atoms with Crippen molar-refractivity contribution in [2.75, 3.05) is 19.7 Å². The van der Waals surface area contributed by atoms with Gasteiger partial charge < -0.3 is 14.2 Å². The Balaban J connectivity index is 1.84. The van der Waals surface area contributed by atoms with E-state index in [-0.39, 0.29) is 12.5 Å². The van der Waals surface area contributed by atoms with E-state index in [2.05, 4.69) is 6.92 Å². The minimum absolute atomic E-state index is 0.101. The second-order valence-electron chi connectivity index (χ2n) is 5.56. The largest absolute Gasteiger partial charge is 0.451 e. The average molecular weight is 278 g/mol. The lowest BCUT2D eigenvalue weighted by Gasteiger charge is -2.30. The first-order chi connectivity index (χ1) is 9.49. The molecular weight excluding hydrogens is 256 g/mol. The zero-order valence-corrected chi connectivity index (χ0v) is 12.4. The third-order valence-electron chi connectivity index (χ3n) is 4.05. The molecule has 110 valence electrons. The molecular formula is C15H22N2O3. The van der Waals surface area contributed by atoms with Crippen molar-refractivity contribution in [1.29, 1.82) is 0 Å². The van der Waals surface area contributed by atoms with E-state index in [0.717, 1.165) is 31.6 Å². The molecule has 0 unspecified atom stereocenters. The Morgan fingerprint density at radius 3 is 2.50 bits per heavy atom. The molecule has 0 radical (unpaired) electrons. The van der Waals surface area contributed by atoms with Crippen LogP contribution in [0.4, 0.5) is 0 Å². The van der Waals surface area contributed by atoms with Gasteiger partial charge in [-0.25, -0.2) is 4.79 Å². The molecule has 2 heterocycles. The van der Waals surface area contributed by atoms with Crippen molar-refractivity contribution < 1.29 is 14.3 Å². The van der Waals surface area contributed by atoms with Gasteiger partial charge in [-0.2, -0.15) is 0 Å². The van der Waals surface area contributed by atoms with Crippen LogP contribution in [0.2, 0.25) is 0 Å². The monoisotopic (exact) mass is 278 g/mol. The smallest absolute Gasteiger partial charge is 0.355 e. The number of rotatable bonds is 3. The lowest BCUT2D eigenvalue weighted by Crippen LogP contribution is -2.40. The van der Waals surface area contributed by atoms with Gasteiger partial charge in [-0.1, -0.05) is 6.92 Å². The molecule has 0 spiro atoms. The van der Waals surface area contributed by atoms with E-state index in [1.54, 1.807) is 22.6 Å². The average Bonchev–Trinajstić information content (AvgIpc) is 2.77. The number of ether oxygens (including phenoxy) is 1. The molecule has 0 aliphatic carbocycles. The number of carbonyl (C=O) groups excluding carboxylic acids is 2. The van der Waals surface area contributed by atoms with Crippen molar-refractivity contribution in [1.82, 2.24) is 9.47 Å². The molecule has 0 bridgehead atoms. The van der Waals surface area contributed by atoms with Crippen LogP contribution in [-0.4, -0.2) is 41.0 Å². The summed E-state index contributed by atoms with van der Waals surface area (Å²) < 4.78 is 6.87. The zero-order valence-electron chi connectivity index (χ0n) is 12.4. The van der Waals surface area contributed by atoms with Crippen molar-refractivity contribution in [3.63, 3.8) is 0 Å². The number of piperidine rings is 1. The minimum Gasteiger partial charge on any atom is -0.451 e. The van der Waals surface area contributed by atoms with Gasteiger partial charge in [0.25, 0.3) is 5.91 Å². The van der Waals surface area contributed by atoms with Gasteiger partial charge in [-0.3, -0.25) is 4.79 Å². The first kappa shape index (κ1) is 14.6. The highest BCUT2D eigenvalue weighted by atomic mass is 16.5. The van der Waals surface area contributed by atoms with E-state index >= 15 is 0 Å². The molecule has 2 rings (SSSR count). The predicted molar refractivity (Wildman–Crippen MR) is 75.4 cm³/mol.